The molecular weight excluding hydrogens is 370 g/mol. The number of amides is 1. The van der Waals surface area contributed by atoms with E-state index in [-0.39, 0.29) is 36.9 Å². The molecule has 138 valence electrons. The molecule has 2 aromatic rings. The lowest BCUT2D eigenvalue weighted by Crippen LogP contribution is -2.44. The third kappa shape index (κ3) is 4.84. The van der Waals surface area contributed by atoms with Gasteiger partial charge in [-0.05, 0) is 31.2 Å². The van der Waals surface area contributed by atoms with Crippen LogP contribution in [0, 0.1) is 0 Å². The summed E-state index contributed by atoms with van der Waals surface area (Å²) in [5, 5.41) is 2.96. The van der Waals surface area contributed by atoms with E-state index in [0.717, 1.165) is 11.3 Å². The first-order chi connectivity index (χ1) is 11.0. The molecule has 1 aromatic heterocycles. The normalized spacial score (nSPS) is 19.4. The zero-order valence-corrected chi connectivity index (χ0v) is 15.3. The van der Waals surface area contributed by atoms with E-state index in [1.165, 1.54) is 0 Å². The van der Waals surface area contributed by atoms with Crippen molar-refractivity contribution in [2.24, 2.45) is 12.8 Å². The minimum absolute atomic E-state index is 0. The van der Waals surface area contributed by atoms with Gasteiger partial charge < -0.3 is 20.4 Å². The molecule has 1 saturated heterocycles. The lowest BCUT2D eigenvalue weighted by atomic mass is 10.1. The summed E-state index contributed by atoms with van der Waals surface area (Å²) in [4.78, 5) is 16.0. The lowest BCUT2D eigenvalue weighted by Gasteiger charge is -2.28. The maximum absolute atomic E-state index is 13.9. The first-order valence-corrected chi connectivity index (χ1v) is 7.48. The molecule has 25 heavy (non-hydrogen) atoms. The summed E-state index contributed by atoms with van der Waals surface area (Å²) in [7, 11) is 1.86. The van der Waals surface area contributed by atoms with Crippen molar-refractivity contribution < 1.29 is 13.9 Å². The molecule has 3 rings (SSSR count). The number of carbonyl (C=O) groups excluding carboxylic acids is 1. The fourth-order valence-electron chi connectivity index (χ4n) is 2.64. The number of nitrogens with one attached hydrogen (secondary N) is 1. The molecule has 0 radical (unpaired) electrons. The summed E-state index contributed by atoms with van der Waals surface area (Å²) in [6.07, 6.45) is 2.37. The van der Waals surface area contributed by atoms with Crippen LogP contribution in [0.4, 0.5) is 4.39 Å². The number of rotatable bonds is 4. The summed E-state index contributed by atoms with van der Waals surface area (Å²) >= 11 is 0. The number of halogens is 3. The van der Waals surface area contributed by atoms with Crippen molar-refractivity contribution in [2.75, 3.05) is 13.1 Å². The van der Waals surface area contributed by atoms with Crippen LogP contribution in [-0.2, 0) is 7.05 Å². The quantitative estimate of drug-likeness (QED) is 0.837. The van der Waals surface area contributed by atoms with Crippen LogP contribution in [0.5, 0.6) is 5.75 Å². The Kier molecular flexibility index (Phi) is 7.66. The molecule has 1 fully saturated rings. The van der Waals surface area contributed by atoms with Crippen LogP contribution in [-0.4, -0.2) is 40.8 Å². The highest BCUT2D eigenvalue weighted by molar-refractivity contribution is 5.97. The van der Waals surface area contributed by atoms with Crippen molar-refractivity contribution in [1.82, 2.24) is 14.9 Å². The van der Waals surface area contributed by atoms with Crippen LogP contribution in [0.15, 0.2) is 30.7 Å². The van der Waals surface area contributed by atoms with Crippen molar-refractivity contribution in [3.8, 4) is 17.0 Å². The highest BCUT2D eigenvalue weighted by Gasteiger charge is 2.27. The van der Waals surface area contributed by atoms with E-state index in [0.29, 0.717) is 18.7 Å². The number of hydrogen-bond donors (Lipinski definition) is 2. The summed E-state index contributed by atoms with van der Waals surface area (Å²) in [5.41, 5.74) is 7.18. The Morgan fingerprint density at radius 1 is 1.44 bits per heavy atom. The number of aromatic nitrogens is 2. The van der Waals surface area contributed by atoms with Gasteiger partial charge in [0.15, 0.2) is 0 Å². The summed E-state index contributed by atoms with van der Waals surface area (Å²) in [6.45, 7) is 0.936. The van der Waals surface area contributed by atoms with Gasteiger partial charge in [-0.15, -0.1) is 24.8 Å². The van der Waals surface area contributed by atoms with Gasteiger partial charge in [0, 0.05) is 25.4 Å². The molecular formula is C16H21Cl2FN4O2. The smallest absolute Gasteiger partial charge is 0.252 e. The van der Waals surface area contributed by atoms with Crippen molar-refractivity contribution in [2.45, 2.75) is 18.7 Å². The molecule has 1 aliphatic rings. The van der Waals surface area contributed by atoms with Crippen molar-refractivity contribution >= 4 is 30.7 Å². The van der Waals surface area contributed by atoms with Crippen LogP contribution in [0.25, 0.3) is 11.3 Å². The maximum Gasteiger partial charge on any atom is 0.252 e. The van der Waals surface area contributed by atoms with Crippen LogP contribution in [0.2, 0.25) is 0 Å². The second-order valence-electron chi connectivity index (χ2n) is 5.66. The number of ether oxygens (including phenoxy) is 1. The highest BCUT2D eigenvalue weighted by Crippen LogP contribution is 2.28. The van der Waals surface area contributed by atoms with E-state index in [2.05, 4.69) is 10.3 Å². The Labute approximate surface area is 157 Å². The predicted octanol–water partition coefficient (Wildman–Crippen LogP) is 2.11. The van der Waals surface area contributed by atoms with Gasteiger partial charge >= 0.3 is 0 Å². The Hall–Kier alpha value is -1.83. The zero-order chi connectivity index (χ0) is 16.4. The van der Waals surface area contributed by atoms with Crippen molar-refractivity contribution in [3.05, 3.63) is 36.3 Å². The van der Waals surface area contributed by atoms with E-state index in [1.807, 2.05) is 17.8 Å². The second kappa shape index (κ2) is 9.03. The summed E-state index contributed by atoms with van der Waals surface area (Å²) < 4.78 is 21.4. The average Bonchev–Trinajstić information content (AvgIpc) is 2.96. The number of nitrogens with zero attached hydrogens (tertiary/aromatic N) is 2. The number of carbonyl (C=O) groups is 1. The molecule has 1 aliphatic heterocycles. The molecule has 1 amide bonds. The number of alkyl halides is 1. The minimum atomic E-state index is -1.11. The van der Waals surface area contributed by atoms with Crippen LogP contribution in [0.1, 0.15) is 16.8 Å². The Morgan fingerprint density at radius 2 is 2.20 bits per heavy atom. The minimum Gasteiger partial charge on any atom is -0.486 e. The molecule has 0 bridgehead atoms. The standard InChI is InChI=1S/C16H19FN4O2.2ClH/c1-21-8-13(20-9-21)10-2-3-14(11(6-10)16(18)22)23-15-4-5-19-7-12(15)17;;/h2-3,6,8-9,12,15,19H,4-5,7H2,1H3,(H2,18,22);2*1H/t12-,15+;;/m0../s1. The largest absolute Gasteiger partial charge is 0.486 e. The Bertz CT molecular complexity index is 726. The Balaban J connectivity index is 0.00000156. The number of primary amides is 1. The van der Waals surface area contributed by atoms with Gasteiger partial charge in [0.05, 0.1) is 17.6 Å². The predicted molar refractivity (Wildman–Crippen MR) is 98.5 cm³/mol. The number of nitrogens with two attached hydrogens (primary N) is 1. The fraction of sp³-hybridized carbons (Fsp3) is 0.375. The van der Waals surface area contributed by atoms with Crippen LogP contribution in [0.3, 0.4) is 0 Å². The molecule has 3 N–H and O–H groups in total. The third-order valence-electron chi connectivity index (χ3n) is 3.87. The highest BCUT2D eigenvalue weighted by atomic mass is 35.5. The molecule has 9 heteroatoms. The molecule has 0 aliphatic carbocycles. The van der Waals surface area contributed by atoms with Gasteiger partial charge in [0.2, 0.25) is 0 Å². The second-order valence-corrected chi connectivity index (χ2v) is 5.66. The molecule has 6 nitrogen and oxygen atoms in total. The molecule has 1 aromatic carbocycles. The number of aryl methyl sites for hydroxylation is 1. The van der Waals surface area contributed by atoms with E-state index < -0.39 is 18.2 Å². The number of imidazole rings is 1. The third-order valence-corrected chi connectivity index (χ3v) is 3.87. The van der Waals surface area contributed by atoms with E-state index in [1.54, 1.807) is 24.5 Å². The van der Waals surface area contributed by atoms with E-state index in [4.69, 9.17) is 10.5 Å². The van der Waals surface area contributed by atoms with Gasteiger partial charge in [-0.2, -0.15) is 0 Å². The topological polar surface area (TPSA) is 82.2 Å². The summed E-state index contributed by atoms with van der Waals surface area (Å²) in [6, 6.07) is 5.07. The maximum atomic E-state index is 13.9. The first kappa shape index (κ1) is 21.2. The number of benzene rings is 1. The first-order valence-electron chi connectivity index (χ1n) is 7.48. The molecule has 2 heterocycles. The van der Waals surface area contributed by atoms with Crippen LogP contribution < -0.4 is 15.8 Å². The molecule has 0 unspecified atom stereocenters. The van der Waals surface area contributed by atoms with Crippen molar-refractivity contribution in [1.29, 1.82) is 0 Å². The Morgan fingerprint density at radius 3 is 2.80 bits per heavy atom. The molecule has 0 spiro atoms. The van der Waals surface area contributed by atoms with Gasteiger partial charge in [0.1, 0.15) is 18.0 Å². The molecule has 2 atom stereocenters. The fourth-order valence-corrected chi connectivity index (χ4v) is 2.64. The van der Waals surface area contributed by atoms with Gasteiger partial charge in [-0.3, -0.25) is 4.79 Å². The lowest BCUT2D eigenvalue weighted by molar-refractivity contribution is 0.0713. The number of hydrogen-bond acceptors (Lipinski definition) is 4. The molecule has 0 saturated carbocycles. The zero-order valence-electron chi connectivity index (χ0n) is 13.6. The van der Waals surface area contributed by atoms with Gasteiger partial charge in [-0.25, -0.2) is 9.37 Å². The van der Waals surface area contributed by atoms with Crippen LogP contribution >= 0.6 is 24.8 Å². The van der Waals surface area contributed by atoms with E-state index in [9.17, 15) is 9.18 Å². The van der Waals surface area contributed by atoms with Gasteiger partial charge in [0.25, 0.3) is 5.91 Å². The van der Waals surface area contributed by atoms with Crippen molar-refractivity contribution in [3.63, 3.8) is 0 Å². The summed E-state index contributed by atoms with van der Waals surface area (Å²) in [5.74, 6) is -0.297. The SMILES string of the molecule is Cl.Cl.Cn1cnc(-c2ccc(O[C@@H]3CCNC[C@@H]3F)c(C(N)=O)c2)c1. The average molecular weight is 391 g/mol. The monoisotopic (exact) mass is 390 g/mol. The number of piperidine rings is 1. The van der Waals surface area contributed by atoms with Gasteiger partial charge in [-0.1, -0.05) is 0 Å². The van der Waals surface area contributed by atoms with E-state index >= 15 is 0 Å².